The van der Waals surface area contributed by atoms with Crippen molar-refractivity contribution < 1.29 is 4.79 Å². The third-order valence-corrected chi connectivity index (χ3v) is 1.37. The van der Waals surface area contributed by atoms with Crippen LogP contribution in [-0.4, -0.2) is 6.29 Å². The predicted molar refractivity (Wildman–Crippen MR) is 31.1 cm³/mol. The fourth-order valence-corrected chi connectivity index (χ4v) is 0.882. The average Bonchev–Trinajstić information content (AvgIpc) is 2.14. The molecule has 2 heteroatoms. The highest BCUT2D eigenvalue weighted by atomic mass is 16.1. The van der Waals surface area contributed by atoms with Crippen LogP contribution in [0.15, 0.2) is 11.8 Å². The molecule has 2 N–H and O–H groups in total. The molecule has 0 saturated heterocycles. The predicted octanol–water partition coefficient (Wildman–Crippen LogP) is 0.438. The van der Waals surface area contributed by atoms with E-state index < -0.39 is 0 Å². The Balaban J connectivity index is 2.53. The highest BCUT2D eigenvalue weighted by Gasteiger charge is 2.11. The molecule has 0 fully saturated rings. The molecule has 0 amide bonds. The SMILES string of the molecule is NC1=CC(C=O)CC1. The number of hydrogen-bond acceptors (Lipinski definition) is 2. The van der Waals surface area contributed by atoms with E-state index >= 15 is 0 Å². The van der Waals surface area contributed by atoms with Gasteiger partial charge in [-0.05, 0) is 12.8 Å². The van der Waals surface area contributed by atoms with Crippen molar-refractivity contribution in [3.63, 3.8) is 0 Å². The lowest BCUT2D eigenvalue weighted by Gasteiger charge is -1.88. The van der Waals surface area contributed by atoms with E-state index in [1.807, 2.05) is 6.08 Å². The molecular formula is C6H9NO. The molecule has 0 spiro atoms. The molecule has 0 heterocycles. The Bertz CT molecular complexity index is 128. The van der Waals surface area contributed by atoms with E-state index in [2.05, 4.69) is 0 Å². The van der Waals surface area contributed by atoms with Gasteiger partial charge in [0.1, 0.15) is 6.29 Å². The Kier molecular flexibility index (Phi) is 1.33. The van der Waals surface area contributed by atoms with E-state index in [0.29, 0.717) is 0 Å². The van der Waals surface area contributed by atoms with E-state index in [0.717, 1.165) is 24.8 Å². The molecule has 1 unspecified atom stereocenters. The van der Waals surface area contributed by atoms with Gasteiger partial charge in [0, 0.05) is 11.6 Å². The Morgan fingerprint density at radius 3 is 2.88 bits per heavy atom. The van der Waals surface area contributed by atoms with Gasteiger partial charge in [0.25, 0.3) is 0 Å². The van der Waals surface area contributed by atoms with Crippen molar-refractivity contribution in [2.24, 2.45) is 11.7 Å². The first-order valence-electron chi connectivity index (χ1n) is 2.74. The molecule has 0 saturated carbocycles. The monoisotopic (exact) mass is 111 g/mol. The minimum absolute atomic E-state index is 0.106. The normalized spacial score (nSPS) is 27.5. The fraction of sp³-hybridized carbons (Fsp3) is 0.500. The van der Waals surface area contributed by atoms with Gasteiger partial charge in [-0.1, -0.05) is 6.08 Å². The van der Waals surface area contributed by atoms with Crippen LogP contribution in [0.3, 0.4) is 0 Å². The Hall–Kier alpha value is -0.790. The van der Waals surface area contributed by atoms with Crippen molar-refractivity contribution in [2.75, 3.05) is 0 Å². The van der Waals surface area contributed by atoms with Gasteiger partial charge in [-0.3, -0.25) is 0 Å². The Morgan fingerprint density at radius 1 is 1.88 bits per heavy atom. The van der Waals surface area contributed by atoms with Crippen LogP contribution >= 0.6 is 0 Å². The van der Waals surface area contributed by atoms with Crippen molar-refractivity contribution in [1.29, 1.82) is 0 Å². The molecule has 0 radical (unpaired) electrons. The van der Waals surface area contributed by atoms with Crippen molar-refractivity contribution in [2.45, 2.75) is 12.8 Å². The molecule has 0 aromatic heterocycles. The zero-order valence-corrected chi connectivity index (χ0v) is 4.63. The molecule has 8 heavy (non-hydrogen) atoms. The molecule has 2 nitrogen and oxygen atoms in total. The highest BCUT2D eigenvalue weighted by Crippen LogP contribution is 2.17. The lowest BCUT2D eigenvalue weighted by molar-refractivity contribution is -0.109. The largest absolute Gasteiger partial charge is 0.402 e. The van der Waals surface area contributed by atoms with Crippen LogP contribution in [0.4, 0.5) is 0 Å². The number of allylic oxidation sites excluding steroid dienone is 2. The van der Waals surface area contributed by atoms with Crippen molar-refractivity contribution in [3.05, 3.63) is 11.8 Å². The second-order valence-electron chi connectivity index (χ2n) is 2.08. The maximum absolute atomic E-state index is 10.1. The molecule has 1 atom stereocenters. The highest BCUT2D eigenvalue weighted by molar-refractivity contribution is 5.57. The summed E-state index contributed by atoms with van der Waals surface area (Å²) in [6.45, 7) is 0. The quantitative estimate of drug-likeness (QED) is 0.499. The summed E-state index contributed by atoms with van der Waals surface area (Å²) in [7, 11) is 0. The Labute approximate surface area is 48.4 Å². The maximum Gasteiger partial charge on any atom is 0.126 e. The maximum atomic E-state index is 10.1. The van der Waals surface area contributed by atoms with Crippen LogP contribution < -0.4 is 5.73 Å². The minimum Gasteiger partial charge on any atom is -0.402 e. The topological polar surface area (TPSA) is 43.1 Å². The fourth-order valence-electron chi connectivity index (χ4n) is 0.882. The van der Waals surface area contributed by atoms with Gasteiger partial charge in [-0.25, -0.2) is 0 Å². The summed E-state index contributed by atoms with van der Waals surface area (Å²) >= 11 is 0. The summed E-state index contributed by atoms with van der Waals surface area (Å²) in [6, 6.07) is 0. The standard InChI is InChI=1S/C6H9NO/c7-6-2-1-5(3-6)4-8/h3-5H,1-2,7H2. The van der Waals surface area contributed by atoms with Crippen LogP contribution in [0, 0.1) is 5.92 Å². The van der Waals surface area contributed by atoms with Crippen LogP contribution in [0.25, 0.3) is 0 Å². The smallest absolute Gasteiger partial charge is 0.126 e. The summed E-state index contributed by atoms with van der Waals surface area (Å²) in [5, 5.41) is 0. The number of rotatable bonds is 1. The van der Waals surface area contributed by atoms with Gasteiger partial charge >= 0.3 is 0 Å². The van der Waals surface area contributed by atoms with Crippen LogP contribution in [0.1, 0.15) is 12.8 Å². The van der Waals surface area contributed by atoms with Crippen molar-refractivity contribution >= 4 is 6.29 Å². The molecule has 1 rings (SSSR count). The number of hydrogen-bond donors (Lipinski definition) is 1. The molecular weight excluding hydrogens is 102 g/mol. The van der Waals surface area contributed by atoms with Crippen LogP contribution in [0.5, 0.6) is 0 Å². The van der Waals surface area contributed by atoms with Gasteiger partial charge in [-0.15, -0.1) is 0 Å². The van der Waals surface area contributed by atoms with Gasteiger partial charge in [0.2, 0.25) is 0 Å². The van der Waals surface area contributed by atoms with E-state index in [-0.39, 0.29) is 5.92 Å². The molecule has 1 aliphatic rings. The van der Waals surface area contributed by atoms with Crippen LogP contribution in [0.2, 0.25) is 0 Å². The summed E-state index contributed by atoms with van der Waals surface area (Å²) in [5.41, 5.74) is 6.27. The van der Waals surface area contributed by atoms with Crippen molar-refractivity contribution in [3.8, 4) is 0 Å². The average molecular weight is 111 g/mol. The molecule has 0 aromatic carbocycles. The van der Waals surface area contributed by atoms with Gasteiger partial charge in [0.05, 0.1) is 0 Å². The summed E-state index contributed by atoms with van der Waals surface area (Å²) < 4.78 is 0. The summed E-state index contributed by atoms with van der Waals surface area (Å²) in [4.78, 5) is 10.1. The van der Waals surface area contributed by atoms with Gasteiger partial charge in [-0.2, -0.15) is 0 Å². The third-order valence-electron chi connectivity index (χ3n) is 1.37. The second-order valence-corrected chi connectivity index (χ2v) is 2.08. The van der Waals surface area contributed by atoms with Gasteiger partial charge in [0.15, 0.2) is 0 Å². The van der Waals surface area contributed by atoms with E-state index in [1.54, 1.807) is 0 Å². The summed E-state index contributed by atoms with van der Waals surface area (Å²) in [6.07, 6.45) is 4.58. The first-order valence-corrected chi connectivity index (χ1v) is 2.74. The van der Waals surface area contributed by atoms with E-state index in [9.17, 15) is 4.79 Å². The first-order chi connectivity index (χ1) is 3.83. The zero-order valence-electron chi connectivity index (χ0n) is 4.63. The zero-order chi connectivity index (χ0) is 5.98. The second kappa shape index (κ2) is 1.99. The molecule has 1 aliphatic carbocycles. The lowest BCUT2D eigenvalue weighted by atomic mass is 10.2. The molecule has 44 valence electrons. The van der Waals surface area contributed by atoms with Gasteiger partial charge < -0.3 is 10.5 Å². The molecule has 0 aromatic rings. The molecule has 0 bridgehead atoms. The van der Waals surface area contributed by atoms with E-state index in [1.165, 1.54) is 0 Å². The first kappa shape index (κ1) is 5.35. The number of aldehydes is 1. The van der Waals surface area contributed by atoms with Crippen LogP contribution in [-0.2, 0) is 4.79 Å². The number of carbonyl (C=O) groups excluding carboxylic acids is 1. The lowest BCUT2D eigenvalue weighted by Crippen LogP contribution is -1.90. The minimum atomic E-state index is 0.106. The van der Waals surface area contributed by atoms with Crippen molar-refractivity contribution in [1.82, 2.24) is 0 Å². The number of nitrogens with two attached hydrogens (primary N) is 1. The van der Waals surface area contributed by atoms with E-state index in [4.69, 9.17) is 5.73 Å². The molecule has 0 aliphatic heterocycles. The summed E-state index contributed by atoms with van der Waals surface area (Å²) in [5.74, 6) is 0.106. The number of carbonyl (C=O) groups is 1. The Morgan fingerprint density at radius 2 is 2.62 bits per heavy atom. The third kappa shape index (κ3) is 0.886.